The van der Waals surface area contributed by atoms with Gasteiger partial charge in [-0.2, -0.15) is 4.98 Å². The van der Waals surface area contributed by atoms with Gasteiger partial charge in [-0.15, -0.1) is 0 Å². The van der Waals surface area contributed by atoms with E-state index in [9.17, 15) is 13.8 Å². The maximum atomic E-state index is 12.5. The van der Waals surface area contributed by atoms with Crippen LogP contribution in [0.3, 0.4) is 0 Å². The summed E-state index contributed by atoms with van der Waals surface area (Å²) in [5.74, 6) is -0.926. The lowest BCUT2D eigenvalue weighted by Gasteiger charge is -2.22. The Balaban J connectivity index is 0.00000199. The van der Waals surface area contributed by atoms with Crippen LogP contribution >= 0.6 is 0 Å². The van der Waals surface area contributed by atoms with Gasteiger partial charge in [0.2, 0.25) is 11.8 Å². The summed E-state index contributed by atoms with van der Waals surface area (Å²) in [5.41, 5.74) is 2.03. The van der Waals surface area contributed by atoms with Crippen molar-refractivity contribution >= 4 is 22.8 Å². The molecule has 2 amide bonds. The quantitative estimate of drug-likeness (QED) is 0.327. The van der Waals surface area contributed by atoms with Gasteiger partial charge in [0.15, 0.2) is 16.7 Å². The molecule has 2 aromatic rings. The Hall–Kier alpha value is -2.60. The highest BCUT2D eigenvalue weighted by atomic mass is 32.2. The third kappa shape index (κ3) is 7.73. The van der Waals surface area contributed by atoms with E-state index in [4.69, 9.17) is 14.3 Å². The minimum atomic E-state index is -1.90. The van der Waals surface area contributed by atoms with E-state index < -0.39 is 28.7 Å². The van der Waals surface area contributed by atoms with Gasteiger partial charge >= 0.3 is 5.91 Å². The highest BCUT2D eigenvalue weighted by molar-refractivity contribution is 7.83. The third-order valence-electron chi connectivity index (χ3n) is 5.78. The zero-order chi connectivity index (χ0) is 25.1. The van der Waals surface area contributed by atoms with Crippen LogP contribution in [-0.4, -0.2) is 36.5 Å². The topological polar surface area (TPSA) is 160 Å². The standard InChI is InChI=1S/C20H29N5O6S.C2H6/c1-12-17(13(2)30-23-12)32(29)25-19(27)18-21-20(31-24-18)15(11-16(26)22-28)10-6-9-14-7-4-3-5-8-14;1-2/h14-15,28H,3-11H2,1-2H3,(H,22,26)(H,25,27);1-2H3. The monoisotopic (exact) mass is 497 g/mol. The van der Waals surface area contributed by atoms with E-state index in [2.05, 4.69) is 20.0 Å². The Morgan fingerprint density at radius 1 is 1.15 bits per heavy atom. The van der Waals surface area contributed by atoms with Crippen molar-refractivity contribution in [3.63, 3.8) is 0 Å². The molecule has 3 N–H and O–H groups in total. The van der Waals surface area contributed by atoms with Crippen LogP contribution in [0.1, 0.15) is 106 Å². The molecule has 2 unspecified atom stereocenters. The summed E-state index contributed by atoms with van der Waals surface area (Å²) in [7, 11) is -1.90. The van der Waals surface area contributed by atoms with Crippen LogP contribution < -0.4 is 10.2 Å². The van der Waals surface area contributed by atoms with Gasteiger partial charge in [0.25, 0.3) is 5.82 Å². The third-order valence-corrected chi connectivity index (χ3v) is 7.10. The maximum Gasteiger partial charge on any atom is 0.304 e. The normalized spacial score (nSPS) is 15.7. The zero-order valence-electron chi connectivity index (χ0n) is 20.3. The molecule has 11 nitrogen and oxygen atoms in total. The van der Waals surface area contributed by atoms with E-state index in [1.54, 1.807) is 19.3 Å². The maximum absolute atomic E-state index is 12.5. The summed E-state index contributed by atoms with van der Waals surface area (Å²) < 4.78 is 25.0. The Labute approximate surface area is 202 Å². The molecule has 2 aromatic heterocycles. The average Bonchev–Trinajstić information content (AvgIpc) is 3.47. The number of carbonyl (C=O) groups excluding carboxylic acids is 2. The van der Waals surface area contributed by atoms with Crippen molar-refractivity contribution in [3.05, 3.63) is 23.2 Å². The Morgan fingerprint density at radius 2 is 1.85 bits per heavy atom. The van der Waals surface area contributed by atoms with Gasteiger partial charge < -0.3 is 9.05 Å². The minimum Gasteiger partial charge on any atom is -0.360 e. The Kier molecular flexibility index (Phi) is 11.3. The molecular formula is C22H35N5O6S. The summed E-state index contributed by atoms with van der Waals surface area (Å²) in [6, 6.07) is 0. The Morgan fingerprint density at radius 3 is 2.47 bits per heavy atom. The average molecular weight is 498 g/mol. The van der Waals surface area contributed by atoms with Gasteiger partial charge in [-0.1, -0.05) is 69.1 Å². The second kappa shape index (κ2) is 14.0. The summed E-state index contributed by atoms with van der Waals surface area (Å²) in [6.07, 6.45) is 8.77. The molecule has 1 fully saturated rings. The van der Waals surface area contributed by atoms with Crippen LogP contribution in [0, 0.1) is 19.8 Å². The molecule has 0 spiro atoms. The molecule has 1 saturated carbocycles. The number of amides is 2. The van der Waals surface area contributed by atoms with Crippen molar-refractivity contribution < 1.29 is 28.1 Å². The first-order chi connectivity index (χ1) is 16.4. The van der Waals surface area contributed by atoms with Crippen molar-refractivity contribution in [2.45, 2.75) is 96.3 Å². The first-order valence-electron chi connectivity index (χ1n) is 11.8. The van der Waals surface area contributed by atoms with E-state index in [-0.39, 0.29) is 23.0 Å². The van der Waals surface area contributed by atoms with Crippen molar-refractivity contribution in [1.82, 2.24) is 25.5 Å². The molecule has 0 aliphatic heterocycles. The van der Waals surface area contributed by atoms with Crippen molar-refractivity contribution in [2.75, 3.05) is 0 Å². The fraction of sp³-hybridized carbons (Fsp3) is 0.682. The molecule has 2 heterocycles. The number of hydrogen-bond donors (Lipinski definition) is 3. The van der Waals surface area contributed by atoms with Crippen molar-refractivity contribution in [2.24, 2.45) is 5.92 Å². The molecule has 2 atom stereocenters. The molecule has 12 heteroatoms. The number of nitrogens with zero attached hydrogens (tertiary/aromatic N) is 3. The minimum absolute atomic E-state index is 0.0462. The van der Waals surface area contributed by atoms with Crippen LogP contribution in [-0.2, 0) is 15.8 Å². The summed E-state index contributed by atoms with van der Waals surface area (Å²) in [6.45, 7) is 7.21. The smallest absolute Gasteiger partial charge is 0.304 e. The van der Waals surface area contributed by atoms with Gasteiger partial charge in [-0.3, -0.25) is 19.5 Å². The van der Waals surface area contributed by atoms with E-state index in [1.807, 2.05) is 13.8 Å². The van der Waals surface area contributed by atoms with Gasteiger partial charge in [0.1, 0.15) is 4.90 Å². The van der Waals surface area contributed by atoms with Gasteiger partial charge in [0, 0.05) is 12.3 Å². The highest BCUT2D eigenvalue weighted by Gasteiger charge is 2.26. The molecule has 0 saturated heterocycles. The van der Waals surface area contributed by atoms with Crippen molar-refractivity contribution in [3.8, 4) is 0 Å². The molecule has 0 radical (unpaired) electrons. The molecular weight excluding hydrogens is 462 g/mol. The number of hydrogen-bond acceptors (Lipinski definition) is 9. The summed E-state index contributed by atoms with van der Waals surface area (Å²) in [4.78, 5) is 28.6. The van der Waals surface area contributed by atoms with Crippen LogP contribution in [0.25, 0.3) is 0 Å². The van der Waals surface area contributed by atoms with E-state index in [1.165, 1.54) is 32.1 Å². The molecule has 190 valence electrons. The first-order valence-corrected chi connectivity index (χ1v) is 13.0. The number of rotatable bonds is 10. The molecule has 1 aliphatic rings. The zero-order valence-corrected chi connectivity index (χ0v) is 21.1. The Bertz CT molecular complexity index is 934. The second-order valence-electron chi connectivity index (χ2n) is 8.18. The summed E-state index contributed by atoms with van der Waals surface area (Å²) in [5, 5.41) is 16.3. The molecule has 1 aliphatic carbocycles. The molecule has 34 heavy (non-hydrogen) atoms. The van der Waals surface area contributed by atoms with Crippen LogP contribution in [0.15, 0.2) is 13.9 Å². The molecule has 3 rings (SSSR count). The van der Waals surface area contributed by atoms with Gasteiger partial charge in [0.05, 0.1) is 5.69 Å². The molecule has 0 bridgehead atoms. The lowest BCUT2D eigenvalue weighted by atomic mass is 9.84. The number of hydroxylamine groups is 1. The number of carbonyl (C=O) groups is 2. The van der Waals surface area contributed by atoms with Gasteiger partial charge in [-0.25, -0.2) is 9.69 Å². The van der Waals surface area contributed by atoms with Gasteiger partial charge in [-0.05, 0) is 26.2 Å². The lowest BCUT2D eigenvalue weighted by molar-refractivity contribution is -0.129. The first kappa shape index (κ1) is 27.6. The van der Waals surface area contributed by atoms with E-state index in [0.717, 1.165) is 12.8 Å². The van der Waals surface area contributed by atoms with E-state index in [0.29, 0.717) is 23.8 Å². The number of aromatic nitrogens is 3. The lowest BCUT2D eigenvalue weighted by Crippen LogP contribution is -2.27. The molecule has 0 aromatic carbocycles. The SMILES string of the molecule is CC.Cc1noc(C)c1S(=O)NC(=O)c1noc(C(CCCC2CCCCC2)CC(=O)NO)n1. The summed E-state index contributed by atoms with van der Waals surface area (Å²) >= 11 is 0. The second-order valence-corrected chi connectivity index (χ2v) is 9.33. The fourth-order valence-corrected chi connectivity index (χ4v) is 5.09. The largest absolute Gasteiger partial charge is 0.360 e. The number of aryl methyl sites for hydroxylation is 2. The van der Waals surface area contributed by atoms with Crippen LogP contribution in [0.5, 0.6) is 0 Å². The van der Waals surface area contributed by atoms with Crippen LogP contribution in [0.2, 0.25) is 0 Å². The van der Waals surface area contributed by atoms with Crippen LogP contribution in [0.4, 0.5) is 0 Å². The number of nitrogens with one attached hydrogen (secondary N) is 2. The van der Waals surface area contributed by atoms with E-state index >= 15 is 0 Å². The fourth-order valence-electron chi connectivity index (χ4n) is 4.12. The van der Waals surface area contributed by atoms with Crippen molar-refractivity contribution in [1.29, 1.82) is 0 Å². The predicted octanol–water partition coefficient (Wildman–Crippen LogP) is 3.88. The predicted molar refractivity (Wildman–Crippen MR) is 123 cm³/mol. The highest BCUT2D eigenvalue weighted by Crippen LogP contribution is 2.31.